The van der Waals surface area contributed by atoms with Crippen LogP contribution in [0.3, 0.4) is 0 Å². The lowest BCUT2D eigenvalue weighted by molar-refractivity contribution is 0.0939. The summed E-state index contributed by atoms with van der Waals surface area (Å²) in [6.45, 7) is 1.95. The van der Waals surface area contributed by atoms with E-state index in [1.54, 1.807) is 18.4 Å². The number of nitrogens with zero attached hydrogens (tertiary/aromatic N) is 1. The molecular weight excluding hydrogens is 352 g/mol. The summed E-state index contributed by atoms with van der Waals surface area (Å²) in [5.41, 5.74) is 3.21. The molecule has 4 aromatic rings. The molecule has 1 N–H and O–H groups in total. The standard InChI is InChI=1S/C23H22N2O3/c1-16(14-19-8-5-13-27-19)24-23(26)18-10-11-20-21(15-18)28-22(25-20)12-9-17-6-3-2-4-7-17/h2-8,10-11,13,15-16H,9,12,14H2,1H3,(H,24,26)/t16-/m0/s1. The second kappa shape index (κ2) is 8.13. The summed E-state index contributed by atoms with van der Waals surface area (Å²) < 4.78 is 11.2. The Morgan fingerprint density at radius 1 is 1.07 bits per heavy atom. The number of nitrogens with one attached hydrogen (secondary N) is 1. The second-order valence-corrected chi connectivity index (χ2v) is 6.93. The summed E-state index contributed by atoms with van der Waals surface area (Å²) in [6.07, 6.45) is 3.87. The van der Waals surface area contributed by atoms with Crippen LogP contribution in [0.2, 0.25) is 0 Å². The van der Waals surface area contributed by atoms with Crippen LogP contribution in [-0.2, 0) is 19.3 Å². The highest BCUT2D eigenvalue weighted by Gasteiger charge is 2.14. The van der Waals surface area contributed by atoms with E-state index in [9.17, 15) is 4.79 Å². The van der Waals surface area contributed by atoms with E-state index >= 15 is 0 Å². The van der Waals surface area contributed by atoms with E-state index in [0.717, 1.165) is 24.1 Å². The Morgan fingerprint density at radius 2 is 1.93 bits per heavy atom. The average Bonchev–Trinajstić information content (AvgIpc) is 3.35. The minimum absolute atomic E-state index is 0.0366. The Morgan fingerprint density at radius 3 is 2.71 bits per heavy atom. The monoisotopic (exact) mass is 374 g/mol. The van der Waals surface area contributed by atoms with Crippen LogP contribution < -0.4 is 5.32 Å². The number of hydrogen-bond acceptors (Lipinski definition) is 4. The largest absolute Gasteiger partial charge is 0.469 e. The Balaban J connectivity index is 1.41. The van der Waals surface area contributed by atoms with Crippen LogP contribution in [-0.4, -0.2) is 16.9 Å². The quantitative estimate of drug-likeness (QED) is 0.515. The van der Waals surface area contributed by atoms with E-state index < -0.39 is 0 Å². The third kappa shape index (κ3) is 4.31. The van der Waals surface area contributed by atoms with Crippen molar-refractivity contribution in [3.05, 3.63) is 89.7 Å². The number of furan rings is 1. The molecule has 0 radical (unpaired) electrons. The van der Waals surface area contributed by atoms with Crippen molar-refractivity contribution in [1.29, 1.82) is 0 Å². The normalized spacial score (nSPS) is 12.2. The minimum atomic E-state index is -0.136. The first kappa shape index (κ1) is 18.0. The molecule has 0 aliphatic rings. The number of aryl methyl sites for hydroxylation is 2. The van der Waals surface area contributed by atoms with Crippen molar-refractivity contribution >= 4 is 17.0 Å². The first-order chi connectivity index (χ1) is 13.7. The van der Waals surface area contributed by atoms with E-state index in [2.05, 4.69) is 22.4 Å². The first-order valence-corrected chi connectivity index (χ1v) is 9.44. The number of aromatic nitrogens is 1. The molecule has 0 unspecified atom stereocenters. The second-order valence-electron chi connectivity index (χ2n) is 6.93. The van der Waals surface area contributed by atoms with Gasteiger partial charge in [-0.1, -0.05) is 30.3 Å². The van der Waals surface area contributed by atoms with Crippen molar-refractivity contribution in [2.75, 3.05) is 0 Å². The fourth-order valence-corrected chi connectivity index (χ4v) is 3.21. The van der Waals surface area contributed by atoms with Crippen molar-refractivity contribution in [1.82, 2.24) is 10.3 Å². The first-order valence-electron chi connectivity index (χ1n) is 9.44. The molecule has 0 spiro atoms. The lowest BCUT2D eigenvalue weighted by Gasteiger charge is -2.12. The predicted octanol–water partition coefficient (Wildman–Crippen LogP) is 4.57. The Bertz CT molecular complexity index is 1050. The highest BCUT2D eigenvalue weighted by atomic mass is 16.3. The zero-order valence-electron chi connectivity index (χ0n) is 15.7. The average molecular weight is 374 g/mol. The summed E-state index contributed by atoms with van der Waals surface area (Å²) in [7, 11) is 0. The molecule has 0 aliphatic carbocycles. The lowest BCUT2D eigenvalue weighted by atomic mass is 10.1. The van der Waals surface area contributed by atoms with Crippen molar-refractivity contribution in [3.8, 4) is 0 Å². The molecule has 0 saturated carbocycles. The molecule has 4 rings (SSSR count). The van der Waals surface area contributed by atoms with E-state index in [1.165, 1.54) is 5.56 Å². The van der Waals surface area contributed by atoms with Gasteiger partial charge >= 0.3 is 0 Å². The summed E-state index contributed by atoms with van der Waals surface area (Å²) in [5, 5.41) is 2.99. The van der Waals surface area contributed by atoms with Gasteiger partial charge < -0.3 is 14.2 Å². The summed E-state index contributed by atoms with van der Waals surface area (Å²) in [5.74, 6) is 1.40. The molecule has 142 valence electrons. The fourth-order valence-electron chi connectivity index (χ4n) is 3.21. The molecule has 2 heterocycles. The van der Waals surface area contributed by atoms with E-state index in [1.807, 2.05) is 43.3 Å². The zero-order chi connectivity index (χ0) is 19.3. The van der Waals surface area contributed by atoms with E-state index in [0.29, 0.717) is 23.5 Å². The maximum atomic E-state index is 12.5. The van der Waals surface area contributed by atoms with Crippen molar-refractivity contribution in [2.45, 2.75) is 32.2 Å². The predicted molar refractivity (Wildman–Crippen MR) is 107 cm³/mol. The van der Waals surface area contributed by atoms with Crippen LogP contribution in [0.4, 0.5) is 0 Å². The number of benzene rings is 2. The van der Waals surface area contributed by atoms with Crippen molar-refractivity contribution in [2.24, 2.45) is 0 Å². The Hall–Kier alpha value is -3.34. The molecule has 1 atom stereocenters. The number of hydrogen-bond donors (Lipinski definition) is 1. The van der Waals surface area contributed by atoms with E-state index in [-0.39, 0.29) is 11.9 Å². The summed E-state index contributed by atoms with van der Waals surface area (Å²) in [6, 6.07) is 19.3. The number of carbonyl (C=O) groups excluding carboxylic acids is 1. The molecule has 1 amide bonds. The third-order valence-electron chi connectivity index (χ3n) is 4.63. The third-order valence-corrected chi connectivity index (χ3v) is 4.63. The van der Waals surface area contributed by atoms with Crippen LogP contribution in [0.1, 0.15) is 34.5 Å². The molecule has 5 nitrogen and oxygen atoms in total. The van der Waals surface area contributed by atoms with Crippen LogP contribution >= 0.6 is 0 Å². The maximum absolute atomic E-state index is 12.5. The molecule has 0 bridgehead atoms. The Kier molecular flexibility index (Phi) is 5.24. The fraction of sp³-hybridized carbons (Fsp3) is 0.217. The van der Waals surface area contributed by atoms with Crippen LogP contribution in [0.15, 0.2) is 75.8 Å². The SMILES string of the molecule is C[C@@H](Cc1ccco1)NC(=O)c1ccc2nc(CCc3ccccc3)oc2c1. The smallest absolute Gasteiger partial charge is 0.251 e. The van der Waals surface area contributed by atoms with E-state index in [4.69, 9.17) is 8.83 Å². The number of carbonyl (C=O) groups is 1. The van der Waals surface area contributed by atoms with Crippen LogP contribution in [0.5, 0.6) is 0 Å². The molecule has 5 heteroatoms. The van der Waals surface area contributed by atoms with Gasteiger partial charge in [-0.25, -0.2) is 4.98 Å². The van der Waals surface area contributed by atoms with Crippen LogP contribution in [0, 0.1) is 0 Å². The number of oxazole rings is 1. The van der Waals surface area contributed by atoms with Gasteiger partial charge in [-0.3, -0.25) is 4.79 Å². The zero-order valence-corrected chi connectivity index (χ0v) is 15.7. The number of amides is 1. The molecule has 28 heavy (non-hydrogen) atoms. The Labute approximate surface area is 163 Å². The van der Waals surface area contributed by atoms with Gasteiger partial charge in [0.25, 0.3) is 5.91 Å². The van der Waals surface area contributed by atoms with Gasteiger partial charge in [-0.05, 0) is 49.2 Å². The lowest BCUT2D eigenvalue weighted by Crippen LogP contribution is -2.33. The van der Waals surface area contributed by atoms with Crippen LogP contribution in [0.25, 0.3) is 11.1 Å². The van der Waals surface area contributed by atoms with Gasteiger partial charge in [0.15, 0.2) is 11.5 Å². The molecule has 0 fully saturated rings. The molecule has 2 aromatic carbocycles. The minimum Gasteiger partial charge on any atom is -0.469 e. The van der Waals surface area contributed by atoms with Gasteiger partial charge in [0.2, 0.25) is 0 Å². The summed E-state index contributed by atoms with van der Waals surface area (Å²) in [4.78, 5) is 17.1. The molecule has 0 saturated heterocycles. The summed E-state index contributed by atoms with van der Waals surface area (Å²) >= 11 is 0. The highest BCUT2D eigenvalue weighted by Crippen LogP contribution is 2.19. The highest BCUT2D eigenvalue weighted by molar-refractivity contribution is 5.97. The van der Waals surface area contributed by atoms with Gasteiger partial charge in [0, 0.05) is 24.4 Å². The molecule has 0 aliphatic heterocycles. The number of rotatable bonds is 7. The molecular formula is C23H22N2O3. The topological polar surface area (TPSA) is 68.3 Å². The molecule has 2 aromatic heterocycles. The van der Waals surface area contributed by atoms with Gasteiger partial charge in [0.1, 0.15) is 11.3 Å². The van der Waals surface area contributed by atoms with Gasteiger partial charge in [-0.15, -0.1) is 0 Å². The van der Waals surface area contributed by atoms with Gasteiger partial charge in [-0.2, -0.15) is 0 Å². The van der Waals surface area contributed by atoms with Crippen molar-refractivity contribution < 1.29 is 13.6 Å². The number of fused-ring (bicyclic) bond motifs is 1. The maximum Gasteiger partial charge on any atom is 0.251 e. The van der Waals surface area contributed by atoms with Gasteiger partial charge in [0.05, 0.1) is 6.26 Å². The van der Waals surface area contributed by atoms with Crippen molar-refractivity contribution in [3.63, 3.8) is 0 Å².